The van der Waals surface area contributed by atoms with Crippen LogP contribution in [0.5, 0.6) is 0 Å². The molecular weight excluding hydrogens is 382 g/mol. The molecule has 152 valence electrons. The van der Waals surface area contributed by atoms with Crippen LogP contribution in [0.15, 0.2) is 72.4 Å². The summed E-state index contributed by atoms with van der Waals surface area (Å²) in [6, 6.07) is 13.2. The molecule has 0 saturated carbocycles. The first-order chi connectivity index (χ1) is 13.8. The molecule has 5 nitrogen and oxygen atoms in total. The fourth-order valence-corrected chi connectivity index (χ4v) is 4.56. The lowest BCUT2D eigenvalue weighted by molar-refractivity contribution is 0.421. The van der Waals surface area contributed by atoms with E-state index < -0.39 is 10.0 Å². The molecule has 0 aliphatic heterocycles. The van der Waals surface area contributed by atoms with Crippen LogP contribution in [-0.4, -0.2) is 28.8 Å². The van der Waals surface area contributed by atoms with Gasteiger partial charge < -0.3 is 4.57 Å². The van der Waals surface area contributed by atoms with E-state index in [1.807, 2.05) is 17.7 Å². The SMILES string of the molecule is C=CCN(Cc1nccn1Cc1cc(C)ccc1C)S(=O)(=O)c1ccc(C)cc1. The summed E-state index contributed by atoms with van der Waals surface area (Å²) in [5.74, 6) is 0.698. The lowest BCUT2D eigenvalue weighted by atomic mass is 10.1. The molecule has 3 aromatic rings. The summed E-state index contributed by atoms with van der Waals surface area (Å²) in [6.07, 6.45) is 5.20. The molecule has 29 heavy (non-hydrogen) atoms. The molecule has 0 bridgehead atoms. The Morgan fingerprint density at radius 2 is 1.76 bits per heavy atom. The quantitative estimate of drug-likeness (QED) is 0.523. The van der Waals surface area contributed by atoms with Gasteiger partial charge in [0.1, 0.15) is 5.82 Å². The van der Waals surface area contributed by atoms with E-state index in [0.717, 1.165) is 5.56 Å². The van der Waals surface area contributed by atoms with E-state index in [4.69, 9.17) is 0 Å². The second-order valence-electron chi connectivity index (χ2n) is 7.30. The van der Waals surface area contributed by atoms with Crippen LogP contribution in [0.3, 0.4) is 0 Å². The van der Waals surface area contributed by atoms with Crippen molar-refractivity contribution in [2.24, 2.45) is 0 Å². The number of sulfonamides is 1. The van der Waals surface area contributed by atoms with E-state index >= 15 is 0 Å². The van der Waals surface area contributed by atoms with E-state index in [9.17, 15) is 8.42 Å². The Morgan fingerprint density at radius 1 is 1.07 bits per heavy atom. The van der Waals surface area contributed by atoms with Crippen LogP contribution in [0, 0.1) is 20.8 Å². The fourth-order valence-electron chi connectivity index (χ4n) is 3.20. The number of aryl methyl sites for hydroxylation is 3. The number of rotatable bonds is 8. The third-order valence-electron chi connectivity index (χ3n) is 4.96. The minimum absolute atomic E-state index is 0.181. The van der Waals surface area contributed by atoms with Crippen molar-refractivity contribution < 1.29 is 8.42 Å². The Kier molecular flexibility index (Phi) is 6.35. The molecule has 0 amide bonds. The Labute approximate surface area is 173 Å². The predicted molar refractivity (Wildman–Crippen MR) is 116 cm³/mol. The van der Waals surface area contributed by atoms with Gasteiger partial charge in [-0.3, -0.25) is 0 Å². The number of hydrogen-bond donors (Lipinski definition) is 0. The van der Waals surface area contributed by atoms with Crippen molar-refractivity contribution in [3.63, 3.8) is 0 Å². The summed E-state index contributed by atoms with van der Waals surface area (Å²) >= 11 is 0. The Hall–Kier alpha value is -2.70. The zero-order valence-electron chi connectivity index (χ0n) is 17.2. The van der Waals surface area contributed by atoms with Crippen LogP contribution in [-0.2, 0) is 23.1 Å². The van der Waals surface area contributed by atoms with Crippen LogP contribution in [0.25, 0.3) is 0 Å². The third-order valence-corrected chi connectivity index (χ3v) is 6.78. The second-order valence-corrected chi connectivity index (χ2v) is 9.24. The third kappa shape index (κ3) is 4.83. The van der Waals surface area contributed by atoms with E-state index in [1.54, 1.807) is 36.5 Å². The highest BCUT2D eigenvalue weighted by Crippen LogP contribution is 2.20. The van der Waals surface area contributed by atoms with E-state index in [0.29, 0.717) is 12.4 Å². The topological polar surface area (TPSA) is 55.2 Å². The lowest BCUT2D eigenvalue weighted by Gasteiger charge is -2.21. The number of imidazole rings is 1. The molecule has 0 aliphatic rings. The predicted octanol–water partition coefficient (Wildman–Crippen LogP) is 4.23. The van der Waals surface area contributed by atoms with Crippen molar-refractivity contribution >= 4 is 10.0 Å². The van der Waals surface area contributed by atoms with Crippen molar-refractivity contribution in [1.29, 1.82) is 0 Å². The minimum atomic E-state index is -3.65. The maximum absolute atomic E-state index is 13.2. The zero-order chi connectivity index (χ0) is 21.0. The number of benzene rings is 2. The van der Waals surface area contributed by atoms with E-state index in [2.05, 4.69) is 43.6 Å². The number of nitrogens with zero attached hydrogens (tertiary/aromatic N) is 3. The number of hydrogen-bond acceptors (Lipinski definition) is 3. The van der Waals surface area contributed by atoms with Crippen LogP contribution >= 0.6 is 0 Å². The first-order valence-corrected chi connectivity index (χ1v) is 11.0. The van der Waals surface area contributed by atoms with Crippen LogP contribution in [0.4, 0.5) is 0 Å². The molecule has 0 aliphatic carbocycles. The van der Waals surface area contributed by atoms with E-state index in [1.165, 1.54) is 21.0 Å². The fraction of sp³-hybridized carbons (Fsp3) is 0.261. The van der Waals surface area contributed by atoms with Gasteiger partial charge in [0, 0.05) is 25.5 Å². The van der Waals surface area contributed by atoms with Gasteiger partial charge in [-0.15, -0.1) is 6.58 Å². The first kappa shape index (κ1) is 21.0. The van der Waals surface area contributed by atoms with Gasteiger partial charge in [-0.2, -0.15) is 4.31 Å². The van der Waals surface area contributed by atoms with Gasteiger partial charge in [-0.1, -0.05) is 47.5 Å². The summed E-state index contributed by atoms with van der Waals surface area (Å²) < 4.78 is 29.8. The minimum Gasteiger partial charge on any atom is -0.329 e. The van der Waals surface area contributed by atoms with Gasteiger partial charge in [-0.05, 0) is 44.0 Å². The molecule has 0 atom stereocenters. The molecule has 6 heteroatoms. The summed E-state index contributed by atoms with van der Waals surface area (Å²) in [5.41, 5.74) is 4.61. The van der Waals surface area contributed by atoms with Gasteiger partial charge in [0.05, 0.1) is 11.4 Å². The molecule has 2 aromatic carbocycles. The molecule has 0 saturated heterocycles. The molecule has 0 radical (unpaired) electrons. The highest BCUT2D eigenvalue weighted by Gasteiger charge is 2.25. The largest absolute Gasteiger partial charge is 0.329 e. The molecule has 3 rings (SSSR count). The molecule has 1 heterocycles. The molecule has 0 N–H and O–H groups in total. The van der Waals surface area contributed by atoms with Crippen molar-refractivity contribution in [1.82, 2.24) is 13.9 Å². The standard InChI is InChI=1S/C23H27N3O2S/c1-5-13-26(29(27,28)22-10-7-18(2)8-11-22)17-23-24-12-14-25(23)16-21-15-19(3)6-9-20(21)4/h5-12,14-15H,1,13,16-17H2,2-4H3. The Morgan fingerprint density at radius 3 is 2.45 bits per heavy atom. The summed E-state index contributed by atoms with van der Waals surface area (Å²) in [5, 5.41) is 0. The molecule has 1 aromatic heterocycles. The van der Waals surface area contributed by atoms with Crippen LogP contribution < -0.4 is 0 Å². The Balaban J connectivity index is 1.89. The second kappa shape index (κ2) is 8.76. The van der Waals surface area contributed by atoms with Gasteiger partial charge >= 0.3 is 0 Å². The van der Waals surface area contributed by atoms with Gasteiger partial charge in [0.25, 0.3) is 0 Å². The maximum atomic E-state index is 13.2. The normalized spacial score (nSPS) is 11.7. The average molecular weight is 410 g/mol. The molecule has 0 unspecified atom stereocenters. The smallest absolute Gasteiger partial charge is 0.243 e. The van der Waals surface area contributed by atoms with Gasteiger partial charge in [0.15, 0.2) is 0 Å². The first-order valence-electron chi connectivity index (χ1n) is 9.55. The summed E-state index contributed by atoms with van der Waals surface area (Å²) in [6.45, 7) is 10.9. The molecule has 0 spiro atoms. The average Bonchev–Trinajstić information content (AvgIpc) is 3.11. The Bertz CT molecular complexity index is 1100. The van der Waals surface area contributed by atoms with Crippen LogP contribution in [0.2, 0.25) is 0 Å². The van der Waals surface area contributed by atoms with Crippen molar-refractivity contribution in [3.05, 3.63) is 95.6 Å². The van der Waals surface area contributed by atoms with Crippen LogP contribution in [0.1, 0.15) is 28.1 Å². The van der Waals surface area contributed by atoms with Crippen molar-refractivity contribution in [2.45, 2.75) is 38.8 Å². The lowest BCUT2D eigenvalue weighted by Crippen LogP contribution is -2.32. The maximum Gasteiger partial charge on any atom is 0.243 e. The van der Waals surface area contributed by atoms with Gasteiger partial charge in [-0.25, -0.2) is 13.4 Å². The zero-order valence-corrected chi connectivity index (χ0v) is 18.0. The summed E-state index contributed by atoms with van der Waals surface area (Å²) in [4.78, 5) is 4.71. The summed E-state index contributed by atoms with van der Waals surface area (Å²) in [7, 11) is -3.65. The highest BCUT2D eigenvalue weighted by atomic mass is 32.2. The van der Waals surface area contributed by atoms with Crippen molar-refractivity contribution in [2.75, 3.05) is 6.54 Å². The highest BCUT2D eigenvalue weighted by molar-refractivity contribution is 7.89. The molecule has 0 fully saturated rings. The van der Waals surface area contributed by atoms with Gasteiger partial charge in [0.2, 0.25) is 10.0 Å². The number of aromatic nitrogens is 2. The monoisotopic (exact) mass is 409 g/mol. The van der Waals surface area contributed by atoms with E-state index in [-0.39, 0.29) is 18.0 Å². The molecular formula is C23H27N3O2S. The van der Waals surface area contributed by atoms with Crippen molar-refractivity contribution in [3.8, 4) is 0 Å².